The first-order valence-corrected chi connectivity index (χ1v) is 16.2. The van der Waals surface area contributed by atoms with E-state index in [-0.39, 0.29) is 31.3 Å². The minimum atomic E-state index is -1.59. The van der Waals surface area contributed by atoms with Gasteiger partial charge in [-0.05, 0) is 67.8 Å². The first kappa shape index (κ1) is 34.8. The fourth-order valence-corrected chi connectivity index (χ4v) is 6.09. The highest BCUT2D eigenvalue weighted by atomic mass is 16.5. The van der Waals surface area contributed by atoms with Gasteiger partial charge in [0.25, 0.3) is 5.91 Å². The van der Waals surface area contributed by atoms with Crippen LogP contribution in [-0.4, -0.2) is 78.2 Å². The van der Waals surface area contributed by atoms with Gasteiger partial charge in [-0.2, -0.15) is 0 Å². The average Bonchev–Trinajstić information content (AvgIpc) is 3.04. The molecule has 246 valence electrons. The van der Waals surface area contributed by atoms with Crippen LogP contribution in [-0.2, 0) is 27.2 Å². The van der Waals surface area contributed by atoms with Crippen molar-refractivity contribution in [3.05, 3.63) is 101 Å². The van der Waals surface area contributed by atoms with E-state index in [1.165, 1.54) is 0 Å². The largest absolute Gasteiger partial charge is 0.483 e. The van der Waals surface area contributed by atoms with Crippen LogP contribution in [0.2, 0.25) is 0 Å². The van der Waals surface area contributed by atoms with Gasteiger partial charge in [-0.15, -0.1) is 0 Å². The van der Waals surface area contributed by atoms with Crippen LogP contribution in [0.15, 0.2) is 78.9 Å². The molecule has 1 fully saturated rings. The number of carbonyl (C=O) groups excluding carboxylic acids is 3. The van der Waals surface area contributed by atoms with Gasteiger partial charge in [-0.25, -0.2) is 0 Å². The summed E-state index contributed by atoms with van der Waals surface area (Å²) < 4.78 is 5.86. The number of hydrogen-bond acceptors (Lipinski definition) is 7. The Hall–Kier alpha value is -4.05. The Labute approximate surface area is 272 Å². The second kappa shape index (κ2) is 17.0. The van der Waals surface area contributed by atoms with Crippen LogP contribution in [0.5, 0.6) is 5.75 Å². The Morgan fingerprint density at radius 1 is 0.870 bits per heavy atom. The zero-order valence-electron chi connectivity index (χ0n) is 27.4. The number of aryl methyl sites for hydroxylation is 2. The number of benzene rings is 3. The molecule has 0 saturated carbocycles. The maximum atomic E-state index is 14.2. The highest BCUT2D eigenvalue weighted by molar-refractivity contribution is 5.94. The minimum Gasteiger partial charge on any atom is -0.483 e. The van der Waals surface area contributed by atoms with Crippen molar-refractivity contribution >= 4 is 17.6 Å². The number of nitrogens with zero attached hydrogens (tertiary/aromatic N) is 1. The molecular weight excluding hydrogens is 580 g/mol. The highest BCUT2D eigenvalue weighted by Crippen LogP contribution is 2.22. The van der Waals surface area contributed by atoms with Crippen molar-refractivity contribution in [2.24, 2.45) is 5.92 Å². The molecule has 0 aliphatic carbocycles. The zero-order valence-corrected chi connectivity index (χ0v) is 27.4. The third kappa shape index (κ3) is 9.72. The first-order valence-electron chi connectivity index (χ1n) is 16.2. The highest BCUT2D eigenvalue weighted by Gasteiger charge is 2.37. The Morgan fingerprint density at radius 3 is 2.04 bits per heavy atom. The SMILES string of the molecule is Cc1cccc(C)c1OCC(=O)N[C@@H](Cc1ccccc1)[C@H](O)C(=O)C(Cc1ccccc1)NC(=O)[C@H](C(C)C)N1CCCNC1. The van der Waals surface area contributed by atoms with Gasteiger partial charge in [-0.1, -0.05) is 92.7 Å². The number of nitrogens with one attached hydrogen (secondary N) is 3. The minimum absolute atomic E-state index is 0.000642. The number of aliphatic hydroxyl groups is 1. The quantitative estimate of drug-likeness (QED) is 0.204. The summed E-state index contributed by atoms with van der Waals surface area (Å²) in [4.78, 5) is 43.3. The Morgan fingerprint density at radius 2 is 1.48 bits per heavy atom. The summed E-state index contributed by atoms with van der Waals surface area (Å²) >= 11 is 0. The fourth-order valence-electron chi connectivity index (χ4n) is 6.09. The van der Waals surface area contributed by atoms with Crippen LogP contribution in [0.4, 0.5) is 0 Å². The molecule has 1 saturated heterocycles. The topological polar surface area (TPSA) is 120 Å². The number of Topliss-reactive ketones (excluding diaryl/α,β-unsaturated/α-hetero) is 1. The summed E-state index contributed by atoms with van der Waals surface area (Å²) in [5.74, 6) is -0.654. The van der Waals surface area contributed by atoms with E-state index in [0.29, 0.717) is 12.4 Å². The molecule has 4 rings (SSSR count). The lowest BCUT2D eigenvalue weighted by Gasteiger charge is -2.37. The Balaban J connectivity index is 1.56. The van der Waals surface area contributed by atoms with Gasteiger partial charge in [0.05, 0.1) is 18.1 Å². The summed E-state index contributed by atoms with van der Waals surface area (Å²) in [6, 6.07) is 22.1. The van der Waals surface area contributed by atoms with Gasteiger partial charge in [0, 0.05) is 13.2 Å². The molecule has 1 heterocycles. The molecule has 0 aromatic heterocycles. The van der Waals surface area contributed by atoms with E-state index in [9.17, 15) is 19.5 Å². The van der Waals surface area contributed by atoms with Crippen molar-refractivity contribution in [1.29, 1.82) is 0 Å². The number of carbonyl (C=O) groups is 3. The van der Waals surface area contributed by atoms with Crippen molar-refractivity contribution in [1.82, 2.24) is 20.9 Å². The van der Waals surface area contributed by atoms with Crippen LogP contribution < -0.4 is 20.7 Å². The molecule has 3 aromatic carbocycles. The van der Waals surface area contributed by atoms with Crippen LogP contribution in [0.3, 0.4) is 0 Å². The number of ether oxygens (including phenoxy) is 1. The average molecular weight is 629 g/mol. The van der Waals surface area contributed by atoms with Crippen LogP contribution in [0.25, 0.3) is 0 Å². The summed E-state index contributed by atoms with van der Waals surface area (Å²) in [5.41, 5.74) is 3.50. The normalized spacial score (nSPS) is 16.2. The van der Waals surface area contributed by atoms with E-state index in [4.69, 9.17) is 4.74 Å². The van der Waals surface area contributed by atoms with Crippen LogP contribution in [0.1, 0.15) is 42.5 Å². The molecule has 4 N–H and O–H groups in total. The van der Waals surface area contributed by atoms with Gasteiger partial charge in [-0.3, -0.25) is 19.3 Å². The van der Waals surface area contributed by atoms with Crippen molar-refractivity contribution in [2.75, 3.05) is 26.4 Å². The smallest absolute Gasteiger partial charge is 0.258 e. The number of para-hydroxylation sites is 1. The van der Waals surface area contributed by atoms with E-state index in [2.05, 4.69) is 20.9 Å². The van der Waals surface area contributed by atoms with Crippen LogP contribution >= 0.6 is 0 Å². The summed E-state index contributed by atoms with van der Waals surface area (Å²) in [5, 5.41) is 20.8. The predicted octanol–water partition coefficient (Wildman–Crippen LogP) is 3.34. The second-order valence-corrected chi connectivity index (χ2v) is 12.5. The first-order chi connectivity index (χ1) is 22.1. The van der Waals surface area contributed by atoms with E-state index >= 15 is 0 Å². The predicted molar refractivity (Wildman–Crippen MR) is 179 cm³/mol. The number of rotatable bonds is 15. The summed E-state index contributed by atoms with van der Waals surface area (Å²) in [6.45, 7) is 9.79. The van der Waals surface area contributed by atoms with Gasteiger partial charge >= 0.3 is 0 Å². The van der Waals surface area contributed by atoms with Crippen LogP contribution in [0, 0.1) is 19.8 Å². The third-order valence-corrected chi connectivity index (χ3v) is 8.42. The molecular formula is C37H48N4O5. The van der Waals surface area contributed by atoms with Gasteiger partial charge in [0.15, 0.2) is 12.4 Å². The molecule has 1 aliphatic heterocycles. The van der Waals surface area contributed by atoms with E-state index in [1.807, 2.05) is 107 Å². The lowest BCUT2D eigenvalue weighted by Crippen LogP contribution is -2.60. The number of amides is 2. The standard InChI is InChI=1S/C37H48N4O5/c1-25(2)33(41-20-12-19-38-24-41)37(45)40-31(22-29-17-9-6-10-18-29)35(44)34(43)30(21-28-15-7-5-8-16-28)39-32(42)23-46-36-26(3)13-11-14-27(36)4/h5-11,13-18,25,30-31,33-34,38,43H,12,19-24H2,1-4H3,(H,39,42)(H,40,45)/t30-,31?,33-,34-/m0/s1. The molecule has 0 radical (unpaired) electrons. The molecule has 4 atom stereocenters. The molecule has 9 nitrogen and oxygen atoms in total. The number of ketones is 1. The molecule has 9 heteroatoms. The molecule has 0 spiro atoms. The molecule has 2 amide bonds. The van der Waals surface area contributed by atoms with E-state index < -0.39 is 35.9 Å². The zero-order chi connectivity index (χ0) is 33.1. The summed E-state index contributed by atoms with van der Waals surface area (Å²) in [7, 11) is 0. The molecule has 46 heavy (non-hydrogen) atoms. The van der Waals surface area contributed by atoms with E-state index in [0.717, 1.165) is 41.8 Å². The molecule has 0 bridgehead atoms. The fraction of sp³-hybridized carbons (Fsp3) is 0.432. The third-order valence-electron chi connectivity index (χ3n) is 8.42. The van der Waals surface area contributed by atoms with Gasteiger partial charge in [0.2, 0.25) is 5.91 Å². The lowest BCUT2D eigenvalue weighted by molar-refractivity contribution is -0.137. The van der Waals surface area contributed by atoms with Crippen molar-refractivity contribution in [3.63, 3.8) is 0 Å². The van der Waals surface area contributed by atoms with Crippen molar-refractivity contribution in [2.45, 2.75) is 71.2 Å². The number of aliphatic hydroxyl groups excluding tert-OH is 1. The van der Waals surface area contributed by atoms with Gasteiger partial charge < -0.3 is 25.8 Å². The molecule has 1 unspecified atom stereocenters. The second-order valence-electron chi connectivity index (χ2n) is 12.5. The summed E-state index contributed by atoms with van der Waals surface area (Å²) in [6.07, 6.45) is -0.251. The van der Waals surface area contributed by atoms with Gasteiger partial charge in [0.1, 0.15) is 11.9 Å². The van der Waals surface area contributed by atoms with Crippen molar-refractivity contribution in [3.8, 4) is 5.75 Å². The molecule has 1 aliphatic rings. The van der Waals surface area contributed by atoms with E-state index in [1.54, 1.807) is 0 Å². The maximum absolute atomic E-state index is 14.2. The molecule has 3 aromatic rings. The Bertz CT molecular complexity index is 1410. The van der Waals surface area contributed by atoms with Crippen molar-refractivity contribution < 1.29 is 24.2 Å². The maximum Gasteiger partial charge on any atom is 0.258 e. The lowest BCUT2D eigenvalue weighted by atomic mass is 9.91. The Kier molecular flexibility index (Phi) is 12.9. The monoisotopic (exact) mass is 628 g/mol. The number of hydrogen-bond donors (Lipinski definition) is 4.